The van der Waals surface area contributed by atoms with E-state index in [0.29, 0.717) is 6.04 Å². The number of rotatable bonds is 7. The summed E-state index contributed by atoms with van der Waals surface area (Å²) >= 11 is 0. The molecular formula is C16H34N2O. The van der Waals surface area contributed by atoms with Crippen LogP contribution in [0.5, 0.6) is 0 Å². The van der Waals surface area contributed by atoms with Crippen LogP contribution in [-0.4, -0.2) is 42.8 Å². The van der Waals surface area contributed by atoms with Gasteiger partial charge in [0.25, 0.3) is 0 Å². The molecule has 0 radical (unpaired) electrons. The molecule has 1 rings (SSSR count). The lowest BCUT2D eigenvalue weighted by Gasteiger charge is -2.44. The number of hydrogen-bond acceptors (Lipinski definition) is 3. The Morgan fingerprint density at radius 3 is 2.58 bits per heavy atom. The summed E-state index contributed by atoms with van der Waals surface area (Å²) in [7, 11) is 0. The minimum absolute atomic E-state index is 0.0712. The number of hydrogen-bond donors (Lipinski definition) is 1. The zero-order chi connectivity index (χ0) is 14.5. The van der Waals surface area contributed by atoms with Gasteiger partial charge in [0, 0.05) is 19.2 Å². The predicted molar refractivity (Wildman–Crippen MR) is 82.4 cm³/mol. The molecule has 0 spiro atoms. The van der Waals surface area contributed by atoms with Gasteiger partial charge in [-0.2, -0.15) is 0 Å². The molecule has 1 heterocycles. The molecular weight excluding hydrogens is 236 g/mol. The van der Waals surface area contributed by atoms with Gasteiger partial charge in [-0.25, -0.2) is 0 Å². The molecule has 1 aliphatic rings. The van der Waals surface area contributed by atoms with Crippen molar-refractivity contribution in [2.75, 3.05) is 26.2 Å². The molecule has 2 N–H and O–H groups in total. The summed E-state index contributed by atoms with van der Waals surface area (Å²) in [5.74, 6) is 0. The molecule has 0 aromatic carbocycles. The molecule has 114 valence electrons. The summed E-state index contributed by atoms with van der Waals surface area (Å²) in [6, 6.07) is 0.657. The van der Waals surface area contributed by atoms with E-state index in [2.05, 4.69) is 39.5 Å². The SMILES string of the molecule is CCCN(CC(C)(C)CN)C1CCOC(C)(CC)C1. The first kappa shape index (κ1) is 16.9. The van der Waals surface area contributed by atoms with Crippen LogP contribution in [0.2, 0.25) is 0 Å². The third kappa shape index (κ3) is 5.05. The summed E-state index contributed by atoms with van der Waals surface area (Å²) in [5.41, 5.74) is 6.18. The van der Waals surface area contributed by atoms with Crippen molar-refractivity contribution in [1.29, 1.82) is 0 Å². The second kappa shape index (κ2) is 7.05. The zero-order valence-corrected chi connectivity index (χ0v) is 13.7. The van der Waals surface area contributed by atoms with E-state index in [0.717, 1.165) is 39.0 Å². The molecule has 0 amide bonds. The maximum atomic E-state index is 5.98. The highest BCUT2D eigenvalue weighted by Crippen LogP contribution is 2.31. The fourth-order valence-corrected chi connectivity index (χ4v) is 2.95. The van der Waals surface area contributed by atoms with Gasteiger partial charge in [-0.15, -0.1) is 0 Å². The molecule has 2 unspecified atom stereocenters. The Morgan fingerprint density at radius 2 is 2.05 bits per heavy atom. The normalized spacial score (nSPS) is 28.9. The van der Waals surface area contributed by atoms with Gasteiger partial charge in [0.1, 0.15) is 0 Å². The molecule has 3 nitrogen and oxygen atoms in total. The van der Waals surface area contributed by atoms with Crippen LogP contribution in [0.1, 0.15) is 60.3 Å². The van der Waals surface area contributed by atoms with E-state index in [-0.39, 0.29) is 11.0 Å². The molecule has 19 heavy (non-hydrogen) atoms. The standard InChI is InChI=1S/C16H34N2O/c1-6-9-18(13-15(3,4)12-17)14-8-10-19-16(5,7-2)11-14/h14H,6-13,17H2,1-5H3. The van der Waals surface area contributed by atoms with Crippen LogP contribution in [0.15, 0.2) is 0 Å². The van der Waals surface area contributed by atoms with E-state index in [9.17, 15) is 0 Å². The smallest absolute Gasteiger partial charge is 0.0666 e. The highest BCUT2D eigenvalue weighted by molar-refractivity contribution is 4.89. The van der Waals surface area contributed by atoms with Gasteiger partial charge in [0.05, 0.1) is 5.60 Å². The quantitative estimate of drug-likeness (QED) is 0.773. The van der Waals surface area contributed by atoms with Gasteiger partial charge in [-0.05, 0) is 51.1 Å². The number of nitrogens with zero attached hydrogens (tertiary/aromatic N) is 1. The van der Waals surface area contributed by atoms with Crippen molar-refractivity contribution in [3.05, 3.63) is 0 Å². The second-order valence-corrected chi connectivity index (χ2v) is 7.14. The minimum atomic E-state index is 0.0712. The number of ether oxygens (including phenoxy) is 1. The largest absolute Gasteiger partial charge is 0.375 e. The Balaban J connectivity index is 2.70. The first-order valence-electron chi connectivity index (χ1n) is 7.94. The van der Waals surface area contributed by atoms with E-state index < -0.39 is 0 Å². The molecule has 0 saturated carbocycles. The van der Waals surface area contributed by atoms with Gasteiger partial charge in [0.2, 0.25) is 0 Å². The Kier molecular flexibility index (Phi) is 6.28. The highest BCUT2D eigenvalue weighted by atomic mass is 16.5. The average molecular weight is 270 g/mol. The van der Waals surface area contributed by atoms with Crippen molar-refractivity contribution in [1.82, 2.24) is 4.90 Å². The van der Waals surface area contributed by atoms with Crippen LogP contribution in [0.4, 0.5) is 0 Å². The van der Waals surface area contributed by atoms with Crippen LogP contribution < -0.4 is 5.73 Å². The van der Waals surface area contributed by atoms with Crippen molar-refractivity contribution in [2.45, 2.75) is 71.9 Å². The van der Waals surface area contributed by atoms with E-state index in [4.69, 9.17) is 10.5 Å². The van der Waals surface area contributed by atoms with Gasteiger partial charge < -0.3 is 10.5 Å². The van der Waals surface area contributed by atoms with E-state index >= 15 is 0 Å². The van der Waals surface area contributed by atoms with Crippen molar-refractivity contribution in [3.8, 4) is 0 Å². The van der Waals surface area contributed by atoms with Crippen LogP contribution >= 0.6 is 0 Å². The molecule has 1 fully saturated rings. The lowest BCUT2D eigenvalue weighted by atomic mass is 9.86. The van der Waals surface area contributed by atoms with Crippen LogP contribution in [0.25, 0.3) is 0 Å². The second-order valence-electron chi connectivity index (χ2n) is 7.14. The fourth-order valence-electron chi connectivity index (χ4n) is 2.95. The van der Waals surface area contributed by atoms with Gasteiger partial charge in [-0.1, -0.05) is 27.7 Å². The van der Waals surface area contributed by atoms with Crippen LogP contribution in [0, 0.1) is 5.41 Å². The highest BCUT2D eigenvalue weighted by Gasteiger charge is 2.35. The maximum absolute atomic E-state index is 5.98. The Hall–Kier alpha value is -0.120. The molecule has 0 aromatic rings. The maximum Gasteiger partial charge on any atom is 0.0666 e. The lowest BCUT2D eigenvalue weighted by Crippen LogP contribution is -2.50. The first-order valence-corrected chi connectivity index (χ1v) is 7.94. The van der Waals surface area contributed by atoms with E-state index in [1.165, 1.54) is 13.0 Å². The van der Waals surface area contributed by atoms with Crippen molar-refractivity contribution in [3.63, 3.8) is 0 Å². The van der Waals surface area contributed by atoms with Crippen LogP contribution in [-0.2, 0) is 4.74 Å². The summed E-state index contributed by atoms with van der Waals surface area (Å²) < 4.78 is 5.98. The molecule has 0 aliphatic carbocycles. The van der Waals surface area contributed by atoms with E-state index in [1.807, 2.05) is 0 Å². The van der Waals surface area contributed by atoms with Gasteiger partial charge >= 0.3 is 0 Å². The summed E-state index contributed by atoms with van der Waals surface area (Å²) in [4.78, 5) is 2.66. The molecule has 1 saturated heterocycles. The molecule has 0 bridgehead atoms. The molecule has 0 aromatic heterocycles. The average Bonchev–Trinajstić information content (AvgIpc) is 2.38. The molecule has 1 aliphatic heterocycles. The van der Waals surface area contributed by atoms with Gasteiger partial charge in [0.15, 0.2) is 0 Å². The predicted octanol–water partition coefficient (Wildman–Crippen LogP) is 3.03. The molecule has 2 atom stereocenters. The monoisotopic (exact) mass is 270 g/mol. The van der Waals surface area contributed by atoms with Gasteiger partial charge in [-0.3, -0.25) is 4.90 Å². The summed E-state index contributed by atoms with van der Waals surface area (Å²) in [5, 5.41) is 0. The Bertz CT molecular complexity index is 267. The minimum Gasteiger partial charge on any atom is -0.375 e. The molecule has 3 heteroatoms. The first-order chi connectivity index (χ1) is 8.86. The number of nitrogens with two attached hydrogens (primary N) is 1. The van der Waals surface area contributed by atoms with Crippen molar-refractivity contribution >= 4 is 0 Å². The lowest BCUT2D eigenvalue weighted by molar-refractivity contribution is -0.0995. The summed E-state index contributed by atoms with van der Waals surface area (Å²) in [6.07, 6.45) is 4.63. The third-order valence-corrected chi connectivity index (χ3v) is 4.53. The van der Waals surface area contributed by atoms with E-state index in [1.54, 1.807) is 0 Å². The fraction of sp³-hybridized carbons (Fsp3) is 1.00. The topological polar surface area (TPSA) is 38.5 Å². The Labute approximate surface area is 119 Å². The Morgan fingerprint density at radius 1 is 1.37 bits per heavy atom. The summed E-state index contributed by atoms with van der Waals surface area (Å²) in [6.45, 7) is 15.2. The van der Waals surface area contributed by atoms with Crippen molar-refractivity contribution < 1.29 is 4.74 Å². The zero-order valence-electron chi connectivity index (χ0n) is 13.7. The third-order valence-electron chi connectivity index (χ3n) is 4.53. The van der Waals surface area contributed by atoms with Crippen LogP contribution in [0.3, 0.4) is 0 Å². The van der Waals surface area contributed by atoms with Crippen molar-refractivity contribution in [2.24, 2.45) is 11.1 Å².